The maximum atomic E-state index is 12.0. The average Bonchev–Trinajstić information content (AvgIpc) is 2.97. The molecule has 2 N–H and O–H groups in total. The lowest BCUT2D eigenvalue weighted by Gasteiger charge is -2.07. The van der Waals surface area contributed by atoms with E-state index in [1.807, 2.05) is 0 Å². The smallest absolute Gasteiger partial charge is 0.341 e. The van der Waals surface area contributed by atoms with Crippen LogP contribution in [0.15, 0.2) is 40.7 Å². The first-order valence-electron chi connectivity index (χ1n) is 5.80. The van der Waals surface area contributed by atoms with Gasteiger partial charge in [-0.2, -0.15) is 0 Å². The van der Waals surface area contributed by atoms with E-state index in [4.69, 9.17) is 9.84 Å². The van der Waals surface area contributed by atoms with Crippen LogP contribution in [0.5, 0.6) is 5.75 Å². The number of hydrogen-bond acceptors (Lipinski definition) is 6. The van der Waals surface area contributed by atoms with Crippen molar-refractivity contribution in [3.8, 4) is 5.75 Å². The highest BCUT2D eigenvalue weighted by Crippen LogP contribution is 2.16. The van der Waals surface area contributed by atoms with Crippen LogP contribution in [0, 0.1) is 0 Å². The highest BCUT2D eigenvalue weighted by molar-refractivity contribution is 7.89. The van der Waals surface area contributed by atoms with Gasteiger partial charge in [-0.3, -0.25) is 0 Å². The standard InChI is InChI=1S/C12H12N2O5S2/c15-12(16)8-19-9-1-3-10(4-2-9)21(17,18)14-7-11-13-5-6-20-11/h1-6,14H,7-8H2,(H,15,16). The highest BCUT2D eigenvalue weighted by atomic mass is 32.2. The Bertz CT molecular complexity index is 696. The molecular formula is C12H12N2O5S2. The summed E-state index contributed by atoms with van der Waals surface area (Å²) in [5.41, 5.74) is 0. The summed E-state index contributed by atoms with van der Waals surface area (Å²) in [6.45, 7) is -0.355. The largest absolute Gasteiger partial charge is 0.482 e. The summed E-state index contributed by atoms with van der Waals surface area (Å²) in [5.74, 6) is -0.812. The molecule has 2 aromatic rings. The second-order valence-electron chi connectivity index (χ2n) is 3.90. The second-order valence-corrected chi connectivity index (χ2v) is 6.65. The molecule has 0 aliphatic rings. The zero-order valence-corrected chi connectivity index (χ0v) is 12.4. The van der Waals surface area contributed by atoms with Crippen LogP contribution in [0.1, 0.15) is 5.01 Å². The fourth-order valence-electron chi connectivity index (χ4n) is 1.44. The van der Waals surface area contributed by atoms with Gasteiger partial charge in [-0.15, -0.1) is 11.3 Å². The summed E-state index contributed by atoms with van der Waals surface area (Å²) in [6, 6.07) is 5.50. The number of thiazole rings is 1. The molecule has 0 aliphatic heterocycles. The van der Waals surface area contributed by atoms with E-state index >= 15 is 0 Å². The number of carboxylic acid groups (broad SMARTS) is 1. The fraction of sp³-hybridized carbons (Fsp3) is 0.167. The number of carboxylic acids is 1. The normalized spacial score (nSPS) is 11.2. The molecule has 1 aromatic carbocycles. The van der Waals surface area contributed by atoms with Crippen molar-refractivity contribution in [3.05, 3.63) is 40.8 Å². The molecular weight excluding hydrogens is 316 g/mol. The van der Waals surface area contributed by atoms with Crippen molar-refractivity contribution in [2.24, 2.45) is 0 Å². The van der Waals surface area contributed by atoms with Crippen LogP contribution in [0.4, 0.5) is 0 Å². The number of rotatable bonds is 7. The van der Waals surface area contributed by atoms with Crippen LogP contribution in [0.2, 0.25) is 0 Å². The molecule has 9 heteroatoms. The van der Waals surface area contributed by atoms with Crippen LogP contribution in [-0.2, 0) is 21.4 Å². The van der Waals surface area contributed by atoms with Gasteiger partial charge in [0, 0.05) is 11.6 Å². The Balaban J connectivity index is 2.01. The molecule has 0 unspecified atom stereocenters. The molecule has 0 fully saturated rings. The van der Waals surface area contributed by atoms with Crippen LogP contribution in [-0.4, -0.2) is 31.1 Å². The van der Waals surface area contributed by atoms with Crippen molar-refractivity contribution < 1.29 is 23.1 Å². The van der Waals surface area contributed by atoms with Gasteiger partial charge in [0.05, 0.1) is 11.4 Å². The van der Waals surface area contributed by atoms with Gasteiger partial charge in [0.1, 0.15) is 10.8 Å². The monoisotopic (exact) mass is 328 g/mol. The lowest BCUT2D eigenvalue weighted by Crippen LogP contribution is -2.23. The molecule has 21 heavy (non-hydrogen) atoms. The maximum absolute atomic E-state index is 12.0. The van der Waals surface area contributed by atoms with Gasteiger partial charge in [0.15, 0.2) is 6.61 Å². The number of aromatic nitrogens is 1. The number of nitrogens with one attached hydrogen (secondary N) is 1. The van der Waals surface area contributed by atoms with Gasteiger partial charge in [-0.25, -0.2) is 22.9 Å². The molecule has 0 saturated carbocycles. The highest BCUT2D eigenvalue weighted by Gasteiger charge is 2.14. The van der Waals surface area contributed by atoms with Crippen molar-refractivity contribution in [2.45, 2.75) is 11.4 Å². The topological polar surface area (TPSA) is 106 Å². The Morgan fingerprint density at radius 2 is 2.05 bits per heavy atom. The van der Waals surface area contributed by atoms with E-state index in [1.54, 1.807) is 11.6 Å². The SMILES string of the molecule is O=C(O)COc1ccc(S(=O)(=O)NCc2nccs2)cc1. The predicted octanol–water partition coefficient (Wildman–Crippen LogP) is 1.08. The molecule has 0 amide bonds. The predicted molar refractivity (Wildman–Crippen MR) is 75.7 cm³/mol. The Morgan fingerprint density at radius 1 is 1.33 bits per heavy atom. The molecule has 112 valence electrons. The number of carbonyl (C=O) groups is 1. The zero-order chi connectivity index (χ0) is 15.3. The number of nitrogens with zero attached hydrogens (tertiary/aromatic N) is 1. The summed E-state index contributed by atoms with van der Waals surface area (Å²) >= 11 is 1.36. The molecule has 1 aromatic heterocycles. The maximum Gasteiger partial charge on any atom is 0.341 e. The summed E-state index contributed by atoms with van der Waals surface area (Å²) in [7, 11) is -3.64. The van der Waals surface area contributed by atoms with Crippen LogP contribution in [0.25, 0.3) is 0 Å². The minimum absolute atomic E-state index is 0.0710. The summed E-state index contributed by atoms with van der Waals surface area (Å²) < 4.78 is 31.4. The van der Waals surface area contributed by atoms with E-state index in [0.29, 0.717) is 5.01 Å². The van der Waals surface area contributed by atoms with E-state index in [0.717, 1.165) is 0 Å². The minimum Gasteiger partial charge on any atom is -0.482 e. The fourth-order valence-corrected chi connectivity index (χ4v) is 3.08. The van der Waals surface area contributed by atoms with E-state index in [2.05, 4.69) is 9.71 Å². The van der Waals surface area contributed by atoms with Crippen LogP contribution >= 0.6 is 11.3 Å². The lowest BCUT2D eigenvalue weighted by molar-refractivity contribution is -0.139. The van der Waals surface area contributed by atoms with Crippen molar-refractivity contribution >= 4 is 27.3 Å². The van der Waals surface area contributed by atoms with Gasteiger partial charge in [-0.1, -0.05) is 0 Å². The summed E-state index contributed by atoms with van der Waals surface area (Å²) in [5, 5.41) is 10.9. The molecule has 0 spiro atoms. The Kier molecular flexibility index (Phi) is 4.89. The number of hydrogen-bond donors (Lipinski definition) is 2. The third-order valence-electron chi connectivity index (χ3n) is 2.39. The zero-order valence-electron chi connectivity index (χ0n) is 10.7. The van der Waals surface area contributed by atoms with Crippen LogP contribution in [0.3, 0.4) is 0 Å². The first-order chi connectivity index (χ1) is 9.97. The van der Waals surface area contributed by atoms with Crippen molar-refractivity contribution in [3.63, 3.8) is 0 Å². The van der Waals surface area contributed by atoms with E-state index in [1.165, 1.54) is 35.6 Å². The molecule has 7 nitrogen and oxygen atoms in total. The number of benzene rings is 1. The van der Waals surface area contributed by atoms with Crippen molar-refractivity contribution in [2.75, 3.05) is 6.61 Å². The first-order valence-corrected chi connectivity index (χ1v) is 8.16. The van der Waals surface area contributed by atoms with E-state index in [-0.39, 0.29) is 17.2 Å². The quantitative estimate of drug-likeness (QED) is 0.788. The molecule has 0 saturated heterocycles. The minimum atomic E-state index is -3.64. The number of sulfonamides is 1. The molecule has 2 rings (SSSR count). The lowest BCUT2D eigenvalue weighted by atomic mass is 10.3. The Morgan fingerprint density at radius 3 is 2.62 bits per heavy atom. The Hall–Kier alpha value is -1.97. The van der Waals surface area contributed by atoms with Crippen molar-refractivity contribution in [1.82, 2.24) is 9.71 Å². The first kappa shape index (κ1) is 15.4. The van der Waals surface area contributed by atoms with Crippen LogP contribution < -0.4 is 9.46 Å². The molecule has 0 atom stereocenters. The third kappa shape index (κ3) is 4.52. The van der Waals surface area contributed by atoms with Gasteiger partial charge < -0.3 is 9.84 Å². The Labute approximate surface area is 125 Å². The van der Waals surface area contributed by atoms with E-state index in [9.17, 15) is 13.2 Å². The third-order valence-corrected chi connectivity index (χ3v) is 4.59. The van der Waals surface area contributed by atoms with Gasteiger partial charge in [-0.05, 0) is 24.3 Å². The summed E-state index contributed by atoms with van der Waals surface area (Å²) in [4.78, 5) is 14.4. The van der Waals surface area contributed by atoms with Gasteiger partial charge >= 0.3 is 5.97 Å². The molecule has 0 aliphatic carbocycles. The average molecular weight is 328 g/mol. The molecule has 1 heterocycles. The van der Waals surface area contributed by atoms with Gasteiger partial charge in [0.25, 0.3) is 0 Å². The molecule has 0 radical (unpaired) electrons. The number of ether oxygens (including phenoxy) is 1. The van der Waals surface area contributed by atoms with Gasteiger partial charge in [0.2, 0.25) is 10.0 Å². The second kappa shape index (κ2) is 6.66. The molecule has 0 bridgehead atoms. The summed E-state index contributed by atoms with van der Waals surface area (Å²) in [6.07, 6.45) is 1.60. The van der Waals surface area contributed by atoms with E-state index < -0.39 is 22.6 Å². The van der Waals surface area contributed by atoms with Crippen molar-refractivity contribution in [1.29, 1.82) is 0 Å². The number of aliphatic carboxylic acids is 1.